The third kappa shape index (κ3) is 4.24. The highest BCUT2D eigenvalue weighted by Gasteiger charge is 2.65. The second kappa shape index (κ2) is 8.75. The van der Waals surface area contributed by atoms with Crippen LogP contribution in [0.2, 0.25) is 0 Å². The third-order valence-corrected chi connectivity index (χ3v) is 9.29. The number of fused-ring (bicyclic) bond motifs is 4. The van der Waals surface area contributed by atoms with Gasteiger partial charge in [-0.2, -0.15) is 0 Å². The van der Waals surface area contributed by atoms with E-state index in [-0.39, 0.29) is 41.5 Å². The standard InChI is InChI=1S/C29H37NO5/c1-28-11-6-12-29(18-34-29)26(28)13-22-23(27(32)35-25(22)14-28)16-30(2)15-20(31)17-33-24-10-5-8-19-7-3-4-9-21(19)24/h3-5,7-10,20,22-23,25-26,31H,6,11-18H2,1-2H3/t20-,22+,23+,25+,26+,28+,29-/m0/s1. The van der Waals surface area contributed by atoms with Crippen LogP contribution in [-0.4, -0.2) is 67.1 Å². The van der Waals surface area contributed by atoms with Crippen molar-refractivity contribution in [1.29, 1.82) is 0 Å². The first-order valence-corrected chi connectivity index (χ1v) is 13.2. The van der Waals surface area contributed by atoms with Crippen LogP contribution in [0.25, 0.3) is 10.8 Å². The van der Waals surface area contributed by atoms with Gasteiger partial charge in [0.25, 0.3) is 0 Å². The number of ether oxygens (including phenoxy) is 3. The van der Waals surface area contributed by atoms with Crippen LogP contribution in [0.5, 0.6) is 5.75 Å². The number of nitrogens with zero attached hydrogens (tertiary/aromatic N) is 1. The maximum atomic E-state index is 12.9. The van der Waals surface area contributed by atoms with Crippen molar-refractivity contribution in [3.8, 4) is 5.75 Å². The van der Waals surface area contributed by atoms with Gasteiger partial charge in [-0.15, -0.1) is 0 Å². The average molecular weight is 480 g/mol. The Hall–Kier alpha value is -2.15. The second-order valence-corrected chi connectivity index (χ2v) is 11.8. The molecular weight excluding hydrogens is 442 g/mol. The van der Waals surface area contributed by atoms with E-state index in [9.17, 15) is 9.90 Å². The number of epoxide rings is 1. The molecule has 6 rings (SSSR count). The van der Waals surface area contributed by atoms with Crippen LogP contribution >= 0.6 is 0 Å². The minimum Gasteiger partial charge on any atom is -0.490 e. The molecule has 1 spiro atoms. The minimum atomic E-state index is -0.650. The molecule has 2 aromatic rings. The summed E-state index contributed by atoms with van der Waals surface area (Å²) in [5.41, 5.74) is 0.279. The normalized spacial score (nSPS) is 36.6. The van der Waals surface area contributed by atoms with Gasteiger partial charge in [0.15, 0.2) is 0 Å². The molecule has 35 heavy (non-hydrogen) atoms. The number of carbonyl (C=O) groups is 1. The molecule has 2 aliphatic carbocycles. The molecule has 2 aromatic carbocycles. The van der Waals surface area contributed by atoms with Crippen LogP contribution in [0.1, 0.15) is 39.0 Å². The van der Waals surface area contributed by atoms with E-state index in [1.165, 1.54) is 12.8 Å². The molecule has 0 bridgehead atoms. The lowest BCUT2D eigenvalue weighted by Crippen LogP contribution is -2.51. The van der Waals surface area contributed by atoms with Gasteiger partial charge in [-0.3, -0.25) is 4.79 Å². The van der Waals surface area contributed by atoms with Crippen LogP contribution < -0.4 is 4.74 Å². The van der Waals surface area contributed by atoms with Crippen molar-refractivity contribution in [3.63, 3.8) is 0 Å². The fourth-order valence-corrected chi connectivity index (χ4v) is 7.50. The Morgan fingerprint density at radius 1 is 1.20 bits per heavy atom. The molecule has 2 saturated heterocycles. The molecule has 0 unspecified atom stereocenters. The van der Waals surface area contributed by atoms with E-state index in [2.05, 4.69) is 24.0 Å². The second-order valence-electron chi connectivity index (χ2n) is 11.8. The SMILES string of the molecule is CN(C[C@H](O)COc1cccc2ccccc12)C[C@H]1C(=O)O[C@@H]2C[C@@]3(C)CCC[C@]4(CO4)[C@@H]3C[C@@H]21. The van der Waals surface area contributed by atoms with Gasteiger partial charge < -0.3 is 24.2 Å². The Bertz CT molecular complexity index is 1090. The predicted molar refractivity (Wildman–Crippen MR) is 133 cm³/mol. The number of likely N-dealkylation sites (N-methyl/N-ethyl adjacent to an activating group) is 1. The Kier molecular flexibility index (Phi) is 5.82. The molecule has 2 aliphatic heterocycles. The van der Waals surface area contributed by atoms with Gasteiger partial charge >= 0.3 is 5.97 Å². The van der Waals surface area contributed by atoms with Crippen molar-refractivity contribution in [3.05, 3.63) is 42.5 Å². The van der Waals surface area contributed by atoms with E-state index >= 15 is 0 Å². The first-order valence-electron chi connectivity index (χ1n) is 13.2. The van der Waals surface area contributed by atoms with Crippen LogP contribution in [0.4, 0.5) is 0 Å². The van der Waals surface area contributed by atoms with Gasteiger partial charge in [-0.25, -0.2) is 0 Å². The van der Waals surface area contributed by atoms with Crippen molar-refractivity contribution < 1.29 is 24.1 Å². The summed E-state index contributed by atoms with van der Waals surface area (Å²) in [6.45, 7) is 4.52. The lowest BCUT2D eigenvalue weighted by Gasteiger charge is -2.51. The lowest BCUT2D eigenvalue weighted by molar-refractivity contribution is -0.147. The van der Waals surface area contributed by atoms with Crippen molar-refractivity contribution in [2.45, 2.75) is 56.8 Å². The average Bonchev–Trinajstić information content (AvgIpc) is 3.54. The Labute approximate surface area is 207 Å². The number of hydrogen-bond donors (Lipinski definition) is 1. The lowest BCUT2D eigenvalue weighted by atomic mass is 9.53. The van der Waals surface area contributed by atoms with Crippen LogP contribution in [-0.2, 0) is 14.3 Å². The molecule has 7 atom stereocenters. The maximum Gasteiger partial charge on any atom is 0.310 e. The summed E-state index contributed by atoms with van der Waals surface area (Å²) in [4.78, 5) is 15.0. The quantitative estimate of drug-likeness (QED) is 0.477. The number of esters is 1. The van der Waals surface area contributed by atoms with E-state index < -0.39 is 6.10 Å². The molecule has 6 heteroatoms. The number of aliphatic hydroxyl groups excluding tert-OH is 1. The maximum absolute atomic E-state index is 12.9. The summed E-state index contributed by atoms with van der Waals surface area (Å²) in [5, 5.41) is 12.8. The van der Waals surface area contributed by atoms with Gasteiger partial charge in [0.1, 0.15) is 24.6 Å². The molecule has 2 saturated carbocycles. The predicted octanol–water partition coefficient (Wildman–Crippen LogP) is 4.04. The highest BCUT2D eigenvalue weighted by molar-refractivity contribution is 5.88. The number of aliphatic hydroxyl groups is 1. The summed E-state index contributed by atoms with van der Waals surface area (Å²) in [6, 6.07) is 14.0. The zero-order chi connectivity index (χ0) is 24.2. The summed E-state index contributed by atoms with van der Waals surface area (Å²) >= 11 is 0. The Morgan fingerprint density at radius 3 is 2.83 bits per heavy atom. The van der Waals surface area contributed by atoms with Crippen molar-refractivity contribution in [2.24, 2.45) is 23.2 Å². The molecule has 2 heterocycles. The van der Waals surface area contributed by atoms with Crippen LogP contribution in [0.3, 0.4) is 0 Å². The van der Waals surface area contributed by atoms with Gasteiger partial charge in [-0.1, -0.05) is 43.3 Å². The monoisotopic (exact) mass is 479 g/mol. The molecule has 1 N–H and O–H groups in total. The summed E-state index contributed by atoms with van der Waals surface area (Å²) in [7, 11) is 1.97. The van der Waals surface area contributed by atoms with Crippen LogP contribution in [0.15, 0.2) is 42.5 Å². The van der Waals surface area contributed by atoms with Crippen molar-refractivity contribution in [1.82, 2.24) is 4.90 Å². The van der Waals surface area contributed by atoms with Crippen molar-refractivity contribution >= 4 is 16.7 Å². The molecule has 4 aliphatic rings. The van der Waals surface area contributed by atoms with E-state index in [0.29, 0.717) is 19.0 Å². The summed E-state index contributed by atoms with van der Waals surface area (Å²) in [5.74, 6) is 1.33. The zero-order valence-electron chi connectivity index (χ0n) is 20.8. The fraction of sp³-hybridized carbons (Fsp3) is 0.621. The molecule has 188 valence electrons. The van der Waals surface area contributed by atoms with E-state index in [4.69, 9.17) is 14.2 Å². The van der Waals surface area contributed by atoms with Gasteiger partial charge in [0.05, 0.1) is 18.1 Å². The van der Waals surface area contributed by atoms with Gasteiger partial charge in [-0.05, 0) is 61.9 Å². The van der Waals surface area contributed by atoms with E-state index in [1.54, 1.807) is 0 Å². The number of carbonyl (C=O) groups excluding carboxylic acids is 1. The number of hydrogen-bond acceptors (Lipinski definition) is 6. The highest BCUT2D eigenvalue weighted by atomic mass is 16.6. The molecule has 0 radical (unpaired) electrons. The summed E-state index contributed by atoms with van der Waals surface area (Å²) < 4.78 is 17.9. The molecule has 4 fully saturated rings. The largest absolute Gasteiger partial charge is 0.490 e. The van der Waals surface area contributed by atoms with E-state index in [0.717, 1.165) is 42.4 Å². The zero-order valence-corrected chi connectivity index (χ0v) is 20.8. The third-order valence-electron chi connectivity index (χ3n) is 9.29. The van der Waals surface area contributed by atoms with Gasteiger partial charge in [0.2, 0.25) is 0 Å². The topological polar surface area (TPSA) is 71.5 Å². The number of rotatable bonds is 7. The smallest absolute Gasteiger partial charge is 0.310 e. The molecule has 0 aromatic heterocycles. The Balaban J connectivity index is 1.06. The van der Waals surface area contributed by atoms with Gasteiger partial charge in [0, 0.05) is 24.4 Å². The van der Waals surface area contributed by atoms with E-state index in [1.807, 2.05) is 37.4 Å². The number of benzene rings is 2. The first-order chi connectivity index (χ1) is 16.9. The molecule has 0 amide bonds. The highest BCUT2D eigenvalue weighted by Crippen LogP contribution is 2.62. The Morgan fingerprint density at radius 2 is 2.00 bits per heavy atom. The first kappa shape index (κ1) is 23.3. The molecular formula is C29H37NO5. The van der Waals surface area contributed by atoms with Crippen molar-refractivity contribution in [2.75, 3.05) is 33.4 Å². The molecule has 6 nitrogen and oxygen atoms in total. The minimum absolute atomic E-state index is 0.0238. The summed E-state index contributed by atoms with van der Waals surface area (Å²) in [6.07, 6.45) is 4.92. The fourth-order valence-electron chi connectivity index (χ4n) is 7.50. The van der Waals surface area contributed by atoms with Crippen LogP contribution in [0, 0.1) is 23.2 Å².